The summed E-state index contributed by atoms with van der Waals surface area (Å²) in [5, 5.41) is 7.40. The average molecular weight is 613 g/mol. The van der Waals surface area contributed by atoms with E-state index in [0.717, 1.165) is 27.9 Å². The molecule has 0 saturated heterocycles. The zero-order chi connectivity index (χ0) is 31.6. The van der Waals surface area contributed by atoms with Crippen LogP contribution in [-0.2, 0) is 0 Å². The van der Waals surface area contributed by atoms with Gasteiger partial charge in [0.15, 0.2) is 0 Å². The lowest BCUT2D eigenvalue weighted by molar-refractivity contribution is 1.18. The molecule has 4 heteroatoms. The number of rotatable bonds is 4. The van der Waals surface area contributed by atoms with Gasteiger partial charge in [-0.2, -0.15) is 0 Å². The van der Waals surface area contributed by atoms with Crippen LogP contribution in [0.5, 0.6) is 0 Å². The van der Waals surface area contributed by atoms with Crippen molar-refractivity contribution in [2.75, 3.05) is 0 Å². The zero-order valence-corrected chi connectivity index (χ0v) is 26.0. The van der Waals surface area contributed by atoms with Crippen LogP contribution < -0.4 is 0 Å². The van der Waals surface area contributed by atoms with Crippen molar-refractivity contribution >= 4 is 54.4 Å². The van der Waals surface area contributed by atoms with Gasteiger partial charge in [-0.05, 0) is 101 Å². The quantitative estimate of drug-likeness (QED) is 0.198. The molecule has 0 aliphatic rings. The second-order valence-electron chi connectivity index (χ2n) is 12.4. The number of hydrogen-bond donors (Lipinski definition) is 0. The molecule has 0 spiro atoms. The third-order valence-corrected chi connectivity index (χ3v) is 9.60. The van der Waals surface area contributed by atoms with Crippen molar-refractivity contribution in [3.63, 3.8) is 0 Å². The molecule has 10 rings (SSSR count). The Labute approximate surface area is 276 Å². The number of pyridine rings is 2. The van der Waals surface area contributed by atoms with E-state index in [1.165, 1.54) is 60.1 Å². The molecular weight excluding hydrogens is 585 g/mol. The smallest absolute Gasteiger partial charge is 0.0547 e. The monoisotopic (exact) mass is 612 g/mol. The molecule has 4 aromatic heterocycles. The number of para-hydroxylation sites is 3. The van der Waals surface area contributed by atoms with Crippen molar-refractivity contribution in [2.24, 2.45) is 0 Å². The highest BCUT2D eigenvalue weighted by molar-refractivity contribution is 6.18. The molecule has 0 aliphatic heterocycles. The standard InChI is InChI=1S/C44H28N4/c1-2-12-35(13-3-1)47-41-16-6-4-14-37(41)39-23-34-26-44-40(24-33(34)25-43(39)47)38-15-5-7-17-42(38)48(44)36-21-31(29-10-8-18-45-27-29)20-32(22-36)30-11-9-19-46-28-30/h1-28H. The van der Waals surface area contributed by atoms with Crippen molar-refractivity contribution in [3.8, 4) is 33.6 Å². The molecule has 0 saturated carbocycles. The first-order valence-corrected chi connectivity index (χ1v) is 16.2. The summed E-state index contributed by atoms with van der Waals surface area (Å²) < 4.78 is 4.81. The number of aromatic nitrogens is 4. The summed E-state index contributed by atoms with van der Waals surface area (Å²) in [7, 11) is 0. The molecule has 0 unspecified atom stereocenters. The Morgan fingerprint density at radius 2 is 0.833 bits per heavy atom. The molecule has 0 amide bonds. The van der Waals surface area contributed by atoms with Crippen molar-refractivity contribution in [2.45, 2.75) is 0 Å². The van der Waals surface area contributed by atoms with Gasteiger partial charge in [-0.25, -0.2) is 0 Å². The van der Waals surface area contributed by atoms with Crippen LogP contribution >= 0.6 is 0 Å². The van der Waals surface area contributed by atoms with Gasteiger partial charge in [0.05, 0.1) is 22.1 Å². The summed E-state index contributed by atoms with van der Waals surface area (Å²) in [5.74, 6) is 0. The van der Waals surface area contributed by atoms with Crippen LogP contribution in [0.4, 0.5) is 0 Å². The highest BCUT2D eigenvalue weighted by Gasteiger charge is 2.18. The molecule has 4 heterocycles. The van der Waals surface area contributed by atoms with E-state index in [1.807, 2.05) is 36.9 Å². The second-order valence-corrected chi connectivity index (χ2v) is 12.4. The fourth-order valence-electron chi connectivity index (χ4n) is 7.45. The fourth-order valence-corrected chi connectivity index (χ4v) is 7.45. The second kappa shape index (κ2) is 10.5. The SMILES string of the molecule is c1ccc(-n2c3ccccc3c3cc4cc5c(cc4cc32)c2ccccc2n5-c2cc(-c3cccnc3)cc(-c3cccnc3)c2)cc1. The average Bonchev–Trinajstić information content (AvgIpc) is 3.65. The van der Waals surface area contributed by atoms with E-state index in [4.69, 9.17) is 0 Å². The van der Waals surface area contributed by atoms with Crippen molar-refractivity contribution < 1.29 is 0 Å². The maximum atomic E-state index is 4.44. The highest BCUT2D eigenvalue weighted by Crippen LogP contribution is 2.40. The van der Waals surface area contributed by atoms with Crippen LogP contribution in [0, 0.1) is 0 Å². The van der Waals surface area contributed by atoms with Gasteiger partial charge in [-0.1, -0.05) is 66.7 Å². The molecule has 4 nitrogen and oxygen atoms in total. The molecular formula is C44H28N4. The van der Waals surface area contributed by atoms with Crippen molar-refractivity contribution in [1.29, 1.82) is 0 Å². The van der Waals surface area contributed by atoms with Crippen LogP contribution in [0.25, 0.3) is 88.0 Å². The van der Waals surface area contributed by atoms with E-state index in [2.05, 4.69) is 153 Å². The topological polar surface area (TPSA) is 35.6 Å². The first kappa shape index (κ1) is 26.7. The maximum Gasteiger partial charge on any atom is 0.0547 e. The predicted octanol–water partition coefficient (Wildman–Crippen LogP) is 11.2. The third kappa shape index (κ3) is 4.10. The van der Waals surface area contributed by atoms with Crippen LogP contribution in [0.2, 0.25) is 0 Å². The van der Waals surface area contributed by atoms with Gasteiger partial charge < -0.3 is 9.13 Å². The summed E-state index contributed by atoms with van der Waals surface area (Å²) in [6.45, 7) is 0. The Hall–Kier alpha value is -6.52. The van der Waals surface area contributed by atoms with Gasteiger partial charge in [0.25, 0.3) is 0 Å². The zero-order valence-electron chi connectivity index (χ0n) is 26.0. The normalized spacial score (nSPS) is 11.8. The van der Waals surface area contributed by atoms with Gasteiger partial charge in [0.2, 0.25) is 0 Å². The molecule has 0 bridgehead atoms. The number of nitrogens with zero attached hydrogens (tertiary/aromatic N) is 4. The molecule has 6 aromatic carbocycles. The molecule has 10 aromatic rings. The Balaban J connectivity index is 1.29. The lowest BCUT2D eigenvalue weighted by Gasteiger charge is -2.14. The van der Waals surface area contributed by atoms with Gasteiger partial charge in [-0.3, -0.25) is 9.97 Å². The first-order valence-electron chi connectivity index (χ1n) is 16.2. The molecule has 0 radical (unpaired) electrons. The Kier molecular flexibility index (Phi) is 5.84. The Morgan fingerprint density at radius 1 is 0.333 bits per heavy atom. The van der Waals surface area contributed by atoms with E-state index in [9.17, 15) is 0 Å². The largest absolute Gasteiger partial charge is 0.309 e. The van der Waals surface area contributed by atoms with E-state index in [-0.39, 0.29) is 0 Å². The first-order chi connectivity index (χ1) is 23.8. The van der Waals surface area contributed by atoms with E-state index < -0.39 is 0 Å². The molecule has 48 heavy (non-hydrogen) atoms. The van der Waals surface area contributed by atoms with Crippen molar-refractivity contribution in [3.05, 3.63) is 170 Å². The minimum atomic E-state index is 1.08. The highest BCUT2D eigenvalue weighted by atomic mass is 15.0. The van der Waals surface area contributed by atoms with Crippen LogP contribution in [0.3, 0.4) is 0 Å². The Morgan fingerprint density at radius 3 is 1.35 bits per heavy atom. The van der Waals surface area contributed by atoms with E-state index >= 15 is 0 Å². The summed E-state index contributed by atoms with van der Waals surface area (Å²) in [6.07, 6.45) is 7.51. The van der Waals surface area contributed by atoms with E-state index in [1.54, 1.807) is 0 Å². The summed E-state index contributed by atoms with van der Waals surface area (Å²) in [6, 6.07) is 52.7. The molecule has 224 valence electrons. The number of benzene rings is 6. The molecule has 0 N–H and O–H groups in total. The number of hydrogen-bond acceptors (Lipinski definition) is 2. The van der Waals surface area contributed by atoms with E-state index in [0.29, 0.717) is 0 Å². The van der Waals surface area contributed by atoms with Gasteiger partial charge in [0.1, 0.15) is 0 Å². The maximum absolute atomic E-state index is 4.44. The van der Waals surface area contributed by atoms with Crippen LogP contribution in [0.1, 0.15) is 0 Å². The number of fused-ring (bicyclic) bond motifs is 7. The van der Waals surface area contributed by atoms with Crippen molar-refractivity contribution in [1.82, 2.24) is 19.1 Å². The minimum absolute atomic E-state index is 1.08. The van der Waals surface area contributed by atoms with Crippen LogP contribution in [-0.4, -0.2) is 19.1 Å². The molecule has 0 fully saturated rings. The predicted molar refractivity (Wildman–Crippen MR) is 199 cm³/mol. The molecule has 0 aliphatic carbocycles. The summed E-state index contributed by atoms with van der Waals surface area (Å²) >= 11 is 0. The lowest BCUT2D eigenvalue weighted by atomic mass is 9.99. The third-order valence-electron chi connectivity index (χ3n) is 9.60. The summed E-state index contributed by atoms with van der Waals surface area (Å²) in [4.78, 5) is 8.87. The minimum Gasteiger partial charge on any atom is -0.309 e. The van der Waals surface area contributed by atoms with Gasteiger partial charge in [-0.15, -0.1) is 0 Å². The lowest BCUT2D eigenvalue weighted by Crippen LogP contribution is -1.96. The van der Waals surface area contributed by atoms with Gasteiger partial charge >= 0.3 is 0 Å². The van der Waals surface area contributed by atoms with Gasteiger partial charge in [0, 0.05) is 68.8 Å². The Bertz CT molecular complexity index is 2760. The van der Waals surface area contributed by atoms with Crippen LogP contribution in [0.15, 0.2) is 170 Å². The summed E-state index contributed by atoms with van der Waals surface area (Å²) in [5.41, 5.74) is 11.4. The fraction of sp³-hybridized carbons (Fsp3) is 0. The molecule has 0 atom stereocenters.